The number of nitrogens with zero attached hydrogens (tertiary/aromatic N) is 2. The molecule has 0 saturated heterocycles. The van der Waals surface area contributed by atoms with Crippen LogP contribution in [-0.4, -0.2) is 24.9 Å². The average molecular weight is 394 g/mol. The van der Waals surface area contributed by atoms with E-state index in [1.807, 2.05) is 30.3 Å². The van der Waals surface area contributed by atoms with Gasteiger partial charge in [0.15, 0.2) is 0 Å². The predicted octanol–water partition coefficient (Wildman–Crippen LogP) is 4.05. The predicted molar refractivity (Wildman–Crippen MR) is 112 cm³/mol. The molecule has 5 nitrogen and oxygen atoms in total. The molecule has 2 amide bonds. The zero-order valence-corrected chi connectivity index (χ0v) is 17.1. The van der Waals surface area contributed by atoms with Gasteiger partial charge >= 0.3 is 0 Å². The molecule has 0 atom stereocenters. The summed E-state index contributed by atoms with van der Waals surface area (Å²) < 4.78 is 0. The fourth-order valence-corrected chi connectivity index (χ4v) is 6.40. The summed E-state index contributed by atoms with van der Waals surface area (Å²) in [5.41, 5.74) is 1.10. The maximum absolute atomic E-state index is 12.7. The summed E-state index contributed by atoms with van der Waals surface area (Å²) in [6.45, 7) is 1.13. The van der Waals surface area contributed by atoms with Crippen molar-refractivity contribution in [3.63, 3.8) is 0 Å². The van der Waals surface area contributed by atoms with Crippen LogP contribution in [0, 0.1) is 34.5 Å². The van der Waals surface area contributed by atoms with Crippen LogP contribution in [-0.2, 0) is 9.59 Å². The zero-order valence-electron chi connectivity index (χ0n) is 17.1. The number of nitriles is 1. The molecular weight excluding hydrogens is 362 g/mol. The number of carbonyl (C=O) groups is 2. The van der Waals surface area contributed by atoms with E-state index in [0.717, 1.165) is 30.0 Å². The molecule has 0 aliphatic heterocycles. The third kappa shape index (κ3) is 4.63. The molecule has 1 aromatic rings. The average Bonchev–Trinajstić information content (AvgIpc) is 2.71. The Kier molecular flexibility index (Phi) is 5.89. The summed E-state index contributed by atoms with van der Waals surface area (Å²) in [5, 5.41) is 12.1. The Hall–Kier alpha value is -2.35. The minimum Gasteiger partial charge on any atom is -0.356 e. The highest BCUT2D eigenvalue weighted by Gasteiger charge is 2.50. The molecule has 0 heterocycles. The van der Waals surface area contributed by atoms with Gasteiger partial charge in [0.1, 0.15) is 0 Å². The summed E-state index contributed by atoms with van der Waals surface area (Å²) in [6.07, 6.45) is 8.68. The molecule has 1 aromatic carbocycles. The van der Waals surface area contributed by atoms with E-state index in [2.05, 4.69) is 11.4 Å². The van der Waals surface area contributed by atoms with Crippen molar-refractivity contribution < 1.29 is 9.59 Å². The second-order valence-electron chi connectivity index (χ2n) is 9.48. The van der Waals surface area contributed by atoms with Gasteiger partial charge in [0, 0.05) is 31.6 Å². The normalized spacial score (nSPS) is 29.3. The summed E-state index contributed by atoms with van der Waals surface area (Å²) in [7, 11) is 0. The summed E-state index contributed by atoms with van der Waals surface area (Å²) in [6, 6.07) is 11.5. The molecule has 4 bridgehead atoms. The molecular formula is C24H31N3O2. The van der Waals surface area contributed by atoms with Crippen molar-refractivity contribution in [3.8, 4) is 6.07 Å². The lowest BCUT2D eigenvalue weighted by Crippen LogP contribution is -2.51. The first kappa shape index (κ1) is 19.9. The van der Waals surface area contributed by atoms with Crippen molar-refractivity contribution in [1.29, 1.82) is 5.26 Å². The van der Waals surface area contributed by atoms with Crippen molar-refractivity contribution in [1.82, 2.24) is 5.32 Å². The molecule has 5 heteroatoms. The highest BCUT2D eigenvalue weighted by Crippen LogP contribution is 2.59. The van der Waals surface area contributed by atoms with Crippen LogP contribution in [0.4, 0.5) is 5.69 Å². The Morgan fingerprint density at radius 3 is 2.24 bits per heavy atom. The van der Waals surface area contributed by atoms with Gasteiger partial charge in [-0.05, 0) is 73.8 Å². The lowest BCUT2D eigenvalue weighted by atomic mass is 9.49. The molecule has 4 fully saturated rings. The van der Waals surface area contributed by atoms with Crippen molar-refractivity contribution >= 4 is 17.5 Å². The SMILES string of the molecule is N#CCCN(C(=O)CCC(=O)NCC12CC3CC(CC(C3)C1)C2)c1ccccc1. The number of para-hydroxylation sites is 1. The van der Waals surface area contributed by atoms with Gasteiger partial charge in [-0.2, -0.15) is 5.26 Å². The van der Waals surface area contributed by atoms with Gasteiger partial charge in [0.05, 0.1) is 12.5 Å². The Balaban J connectivity index is 1.27. The van der Waals surface area contributed by atoms with Crippen molar-refractivity contribution in [2.45, 2.75) is 57.8 Å². The molecule has 0 aromatic heterocycles. The Labute approximate surface area is 173 Å². The van der Waals surface area contributed by atoms with Crippen LogP contribution in [0.2, 0.25) is 0 Å². The lowest BCUT2D eigenvalue weighted by Gasteiger charge is -2.56. The highest BCUT2D eigenvalue weighted by molar-refractivity contribution is 5.95. The molecule has 0 spiro atoms. The third-order valence-corrected chi connectivity index (χ3v) is 7.21. The minimum atomic E-state index is -0.101. The first-order valence-electron chi connectivity index (χ1n) is 11.1. The van der Waals surface area contributed by atoms with Crippen LogP contribution in [0.1, 0.15) is 57.8 Å². The molecule has 4 aliphatic carbocycles. The van der Waals surface area contributed by atoms with Gasteiger partial charge in [0.2, 0.25) is 11.8 Å². The monoisotopic (exact) mass is 393 g/mol. The molecule has 4 saturated carbocycles. The number of amides is 2. The van der Waals surface area contributed by atoms with Crippen molar-refractivity contribution in [2.75, 3.05) is 18.0 Å². The first-order chi connectivity index (χ1) is 14.1. The second kappa shape index (κ2) is 8.57. The summed E-state index contributed by atoms with van der Waals surface area (Å²) >= 11 is 0. The lowest BCUT2D eigenvalue weighted by molar-refractivity contribution is -0.126. The van der Waals surface area contributed by atoms with E-state index in [1.165, 1.54) is 38.5 Å². The molecule has 1 N–H and O–H groups in total. The third-order valence-electron chi connectivity index (χ3n) is 7.21. The highest BCUT2D eigenvalue weighted by atomic mass is 16.2. The molecule has 0 radical (unpaired) electrons. The van der Waals surface area contributed by atoms with E-state index >= 15 is 0 Å². The van der Waals surface area contributed by atoms with Gasteiger partial charge in [-0.25, -0.2) is 0 Å². The van der Waals surface area contributed by atoms with E-state index in [9.17, 15) is 9.59 Å². The van der Waals surface area contributed by atoms with Crippen LogP contribution >= 0.6 is 0 Å². The standard InChI is InChI=1S/C24H31N3O2/c25-9-4-10-27(21-5-2-1-3-6-21)23(29)8-7-22(28)26-17-24-14-18-11-19(15-24)13-20(12-18)16-24/h1-3,5-6,18-20H,4,7-8,10-17H2,(H,26,28). The second-order valence-corrected chi connectivity index (χ2v) is 9.48. The number of hydrogen-bond acceptors (Lipinski definition) is 3. The van der Waals surface area contributed by atoms with Gasteiger partial charge in [-0.1, -0.05) is 18.2 Å². The fraction of sp³-hybridized carbons (Fsp3) is 0.625. The van der Waals surface area contributed by atoms with Crippen LogP contribution in [0.5, 0.6) is 0 Å². The Bertz CT molecular complexity index is 748. The number of benzene rings is 1. The number of nitrogens with one attached hydrogen (secondary N) is 1. The fourth-order valence-electron chi connectivity index (χ4n) is 6.40. The van der Waals surface area contributed by atoms with Crippen LogP contribution < -0.4 is 10.2 Å². The minimum absolute atomic E-state index is 0.0256. The van der Waals surface area contributed by atoms with Gasteiger partial charge in [-0.3, -0.25) is 9.59 Å². The first-order valence-corrected chi connectivity index (χ1v) is 11.1. The van der Waals surface area contributed by atoms with E-state index in [-0.39, 0.29) is 31.1 Å². The number of anilines is 1. The molecule has 5 rings (SSSR count). The van der Waals surface area contributed by atoms with Crippen LogP contribution in [0.15, 0.2) is 30.3 Å². The largest absolute Gasteiger partial charge is 0.356 e. The van der Waals surface area contributed by atoms with E-state index in [4.69, 9.17) is 5.26 Å². The maximum Gasteiger partial charge on any atom is 0.227 e. The van der Waals surface area contributed by atoms with Gasteiger partial charge in [0.25, 0.3) is 0 Å². The topological polar surface area (TPSA) is 73.2 Å². The van der Waals surface area contributed by atoms with Crippen molar-refractivity contribution in [2.24, 2.45) is 23.2 Å². The van der Waals surface area contributed by atoms with E-state index in [0.29, 0.717) is 12.0 Å². The molecule has 4 aliphatic rings. The number of hydrogen-bond donors (Lipinski definition) is 1. The molecule has 0 unspecified atom stereocenters. The summed E-state index contributed by atoms with van der Waals surface area (Å²) in [4.78, 5) is 26.8. The van der Waals surface area contributed by atoms with Crippen molar-refractivity contribution in [3.05, 3.63) is 30.3 Å². The number of carbonyl (C=O) groups excluding carboxylic acids is 2. The number of rotatable bonds is 8. The van der Waals surface area contributed by atoms with E-state index in [1.54, 1.807) is 4.90 Å². The quantitative estimate of drug-likeness (QED) is 0.724. The van der Waals surface area contributed by atoms with Crippen LogP contribution in [0.3, 0.4) is 0 Å². The van der Waals surface area contributed by atoms with Gasteiger partial charge < -0.3 is 10.2 Å². The van der Waals surface area contributed by atoms with Crippen LogP contribution in [0.25, 0.3) is 0 Å². The Morgan fingerprint density at radius 2 is 1.66 bits per heavy atom. The molecule has 29 heavy (non-hydrogen) atoms. The summed E-state index contributed by atoms with van der Waals surface area (Å²) in [5.74, 6) is 2.50. The van der Waals surface area contributed by atoms with E-state index < -0.39 is 0 Å². The van der Waals surface area contributed by atoms with Gasteiger partial charge in [-0.15, -0.1) is 0 Å². The zero-order chi connectivity index (χ0) is 20.3. The smallest absolute Gasteiger partial charge is 0.227 e. The molecule has 154 valence electrons. The Morgan fingerprint density at radius 1 is 1.03 bits per heavy atom. The maximum atomic E-state index is 12.7.